The molecule has 0 saturated carbocycles. The van der Waals surface area contributed by atoms with E-state index < -0.39 is 209 Å². The van der Waals surface area contributed by atoms with Gasteiger partial charge in [0.15, 0.2) is 43.7 Å². The highest BCUT2D eigenvalue weighted by atomic mass is 32.3. The van der Waals surface area contributed by atoms with Crippen LogP contribution < -0.4 is 9.44 Å². The number of aliphatic hydroxyl groups excluding tert-OH is 6. The lowest BCUT2D eigenvalue weighted by Gasteiger charge is -2.48. The predicted molar refractivity (Wildman–Crippen MR) is 206 cm³/mol. The Kier molecular flexibility index (Phi) is 19.0. The lowest BCUT2D eigenvalue weighted by atomic mass is 9.96. The zero-order valence-electron chi connectivity index (χ0n) is 35.2. The van der Waals surface area contributed by atoms with E-state index in [2.05, 4.69) is 8.37 Å². The van der Waals surface area contributed by atoms with Crippen molar-refractivity contribution in [1.29, 1.82) is 0 Å². The molecule has 8 unspecified atom stereocenters. The number of hydrogen-bond acceptors (Lipinski definition) is 27. The Balaban J connectivity index is 1.32. The van der Waals surface area contributed by atoms with Crippen LogP contribution >= 0.6 is 0 Å². The third kappa shape index (κ3) is 15.2. The van der Waals surface area contributed by atoms with Crippen LogP contribution in [0.3, 0.4) is 0 Å². The van der Waals surface area contributed by atoms with Crippen LogP contribution in [0.5, 0.6) is 0 Å². The molecular formula is C30H52N2O32S4. The summed E-state index contributed by atoms with van der Waals surface area (Å²) in [5.74, 6) is -2.00. The second-order valence-electron chi connectivity index (χ2n) is 15.8. The quantitative estimate of drug-likeness (QED) is 0.0534. The first-order valence-corrected chi connectivity index (χ1v) is 25.3. The standard InChI is InChI=1S/C30H52N2O32S4/c1-8-12(59-29-20(37)18(35)13(6-54-29)60-28-16(32-66(44,45)46)19(36)17(34)9(2)57-28)4-10(31-65(41,42)43)27(56-8)62-23-21(38)24(64-68(50,51)52)30(63-25(23)26(39)40)61-22-11(33)5-15(53-3)58-14(22)7-55-67(47,48)49/h8-25,27-38H,4-7H2,1-3H3,(H,39,40)(H,41,42,43)(H,44,45,46)(H,47,48,49)(H,50,51,52)/t8?,9?,10?,11-,12+,13-,14?,15+,16?,17-,18+,19-,20?,21+,22+,23+,24?,25?,27+,28+,29+,30-/m1/s1. The number of rotatable bonds is 19. The minimum Gasteiger partial charge on any atom is -0.479 e. The number of nitrogens with one attached hydrogen (secondary N) is 2. The summed E-state index contributed by atoms with van der Waals surface area (Å²) in [6.07, 6.45) is -39.2. The summed E-state index contributed by atoms with van der Waals surface area (Å²) in [5, 5.41) is 75.1. The molecule has 34 nitrogen and oxygen atoms in total. The molecule has 5 saturated heterocycles. The molecule has 0 radical (unpaired) electrons. The van der Waals surface area contributed by atoms with Crippen molar-refractivity contribution in [1.82, 2.24) is 9.44 Å². The van der Waals surface area contributed by atoms with Crippen LogP contribution in [0.25, 0.3) is 0 Å². The van der Waals surface area contributed by atoms with Gasteiger partial charge < -0.3 is 83.1 Å². The molecule has 5 rings (SSSR count). The van der Waals surface area contributed by atoms with Crippen molar-refractivity contribution < 1.29 is 148 Å². The molecule has 68 heavy (non-hydrogen) atoms. The van der Waals surface area contributed by atoms with E-state index in [9.17, 15) is 87.9 Å². The van der Waals surface area contributed by atoms with Crippen LogP contribution in [0, 0.1) is 0 Å². The summed E-state index contributed by atoms with van der Waals surface area (Å²) in [7, 11) is -20.0. The van der Waals surface area contributed by atoms with Crippen LogP contribution in [0.1, 0.15) is 26.7 Å². The molecule has 5 fully saturated rings. The molecule has 5 heterocycles. The predicted octanol–water partition coefficient (Wildman–Crippen LogP) is -7.97. The summed E-state index contributed by atoms with van der Waals surface area (Å²) < 4.78 is 199. The van der Waals surface area contributed by atoms with Gasteiger partial charge in [0, 0.05) is 13.5 Å². The number of methoxy groups -OCH3 is 1. The first kappa shape index (κ1) is 57.2. The van der Waals surface area contributed by atoms with Gasteiger partial charge in [0.05, 0.1) is 43.7 Å². The van der Waals surface area contributed by atoms with E-state index in [4.69, 9.17) is 51.9 Å². The van der Waals surface area contributed by atoms with E-state index in [1.54, 1.807) is 9.44 Å². The Hall–Kier alpha value is -1.69. The zero-order valence-corrected chi connectivity index (χ0v) is 38.4. The van der Waals surface area contributed by atoms with Gasteiger partial charge in [-0.15, -0.1) is 0 Å². The molecule has 0 aromatic rings. The first-order valence-electron chi connectivity index (χ1n) is 19.7. The van der Waals surface area contributed by atoms with Crippen LogP contribution in [-0.2, 0) is 102 Å². The highest BCUT2D eigenvalue weighted by molar-refractivity contribution is 7.84. The van der Waals surface area contributed by atoms with Gasteiger partial charge in [-0.25, -0.2) is 13.2 Å². The van der Waals surface area contributed by atoms with Crippen molar-refractivity contribution in [2.45, 2.75) is 162 Å². The molecule has 13 N–H and O–H groups in total. The second kappa shape index (κ2) is 22.6. The van der Waals surface area contributed by atoms with Crippen LogP contribution in [0.4, 0.5) is 0 Å². The maximum Gasteiger partial charge on any atom is 0.397 e. The fourth-order valence-electron chi connectivity index (χ4n) is 7.69. The Morgan fingerprint density at radius 2 is 1.22 bits per heavy atom. The minimum absolute atomic E-state index is 0.449. The molecular weight excluding hydrogens is 1030 g/mol. The molecule has 0 aromatic carbocycles. The largest absolute Gasteiger partial charge is 0.479 e. The zero-order chi connectivity index (χ0) is 51.0. The molecule has 0 spiro atoms. The van der Waals surface area contributed by atoms with Gasteiger partial charge in [0.25, 0.3) is 0 Å². The average Bonchev–Trinajstić information content (AvgIpc) is 3.20. The SMILES string of the molecule is CO[C@@H]1C[C@@H](O)[C@H](O[C@@H]2OC(C(=O)O)[C@@H](O[C@@H]3OC(C)[C@@H](O[C@@H]4OC[C@@H](O[C@@H]5OC(C)[C@@H](O)[C@H](O)C5NS(=O)(=O)O)[C@H](O)C4O)CC3NS(=O)(=O)O)[C@H](O)C2OS(=O)(=O)O)C(COS(=O)(=O)O)O1. The van der Waals surface area contributed by atoms with E-state index in [0.717, 1.165) is 7.11 Å². The molecule has 0 bridgehead atoms. The second-order valence-corrected chi connectivity index (χ2v) is 20.3. The molecule has 0 aliphatic carbocycles. The van der Waals surface area contributed by atoms with E-state index in [-0.39, 0.29) is 0 Å². The lowest BCUT2D eigenvalue weighted by molar-refractivity contribution is -0.359. The maximum atomic E-state index is 12.6. The molecule has 0 aromatic heterocycles. The van der Waals surface area contributed by atoms with Crippen molar-refractivity contribution in [2.24, 2.45) is 0 Å². The van der Waals surface area contributed by atoms with Gasteiger partial charge in [-0.3, -0.25) is 18.2 Å². The molecule has 22 atom stereocenters. The normalized spacial score (nSPS) is 43.5. The van der Waals surface area contributed by atoms with Crippen molar-refractivity contribution in [2.75, 3.05) is 20.3 Å². The highest BCUT2D eigenvalue weighted by Gasteiger charge is 2.56. The number of carbonyl (C=O) groups is 1. The van der Waals surface area contributed by atoms with Crippen molar-refractivity contribution in [3.05, 3.63) is 0 Å². The van der Waals surface area contributed by atoms with Crippen molar-refractivity contribution >= 4 is 47.4 Å². The monoisotopic (exact) mass is 1080 g/mol. The number of ether oxygens (including phenoxy) is 10. The molecule has 398 valence electrons. The van der Waals surface area contributed by atoms with Crippen molar-refractivity contribution in [3.8, 4) is 0 Å². The summed E-state index contributed by atoms with van der Waals surface area (Å²) in [4.78, 5) is 12.6. The Bertz CT molecular complexity index is 2160. The van der Waals surface area contributed by atoms with Crippen LogP contribution in [-0.4, -0.2) is 249 Å². The van der Waals surface area contributed by atoms with E-state index in [1.807, 2.05) is 0 Å². The van der Waals surface area contributed by atoms with E-state index in [0.29, 0.717) is 0 Å². The van der Waals surface area contributed by atoms with Gasteiger partial charge in [-0.1, -0.05) is 0 Å². The Morgan fingerprint density at radius 1 is 0.618 bits per heavy atom. The van der Waals surface area contributed by atoms with Gasteiger partial charge in [0.2, 0.25) is 0 Å². The summed E-state index contributed by atoms with van der Waals surface area (Å²) in [6.45, 7) is 0.723. The number of carboxylic acid groups (broad SMARTS) is 1. The number of carboxylic acids is 1. The minimum atomic E-state index is -5.66. The third-order valence-corrected chi connectivity index (χ3v) is 13.0. The topological polar surface area (TPSA) is 511 Å². The third-order valence-electron chi connectivity index (χ3n) is 10.9. The smallest absolute Gasteiger partial charge is 0.397 e. The van der Waals surface area contributed by atoms with Gasteiger partial charge >= 0.3 is 47.4 Å². The van der Waals surface area contributed by atoms with Gasteiger partial charge in [-0.2, -0.15) is 43.1 Å². The molecule has 5 aliphatic rings. The fraction of sp³-hybridized carbons (Fsp3) is 0.967. The van der Waals surface area contributed by atoms with Gasteiger partial charge in [-0.05, 0) is 20.3 Å². The number of hydrogen-bond donors (Lipinski definition) is 13. The summed E-state index contributed by atoms with van der Waals surface area (Å²) >= 11 is 0. The highest BCUT2D eigenvalue weighted by Crippen LogP contribution is 2.36. The number of aliphatic hydroxyl groups is 6. The average molecular weight is 1080 g/mol. The Labute approximate surface area is 386 Å². The summed E-state index contributed by atoms with van der Waals surface area (Å²) in [6, 6.07) is -3.72. The van der Waals surface area contributed by atoms with Crippen LogP contribution in [0.15, 0.2) is 0 Å². The maximum absolute atomic E-state index is 12.6. The summed E-state index contributed by atoms with van der Waals surface area (Å²) in [5.41, 5.74) is 0. The van der Waals surface area contributed by atoms with Crippen molar-refractivity contribution in [3.63, 3.8) is 0 Å². The first-order chi connectivity index (χ1) is 31.3. The van der Waals surface area contributed by atoms with E-state index >= 15 is 0 Å². The molecule has 0 amide bonds. The van der Waals surface area contributed by atoms with Gasteiger partial charge in [0.1, 0.15) is 61.0 Å². The Morgan fingerprint density at radius 3 is 1.79 bits per heavy atom. The van der Waals surface area contributed by atoms with E-state index in [1.165, 1.54) is 13.8 Å². The lowest BCUT2D eigenvalue weighted by Crippen LogP contribution is -2.66. The fourth-order valence-corrected chi connectivity index (χ4v) is 9.67. The molecule has 5 aliphatic heterocycles. The van der Waals surface area contributed by atoms with Crippen LogP contribution in [0.2, 0.25) is 0 Å². The number of aliphatic carboxylic acids is 1. The molecule has 38 heteroatoms.